The third kappa shape index (κ3) is 4.50. The molecule has 0 aliphatic carbocycles. The van der Waals surface area contributed by atoms with Crippen LogP contribution in [0.1, 0.15) is 39.2 Å². The Hall–Kier alpha value is -1.06. The summed E-state index contributed by atoms with van der Waals surface area (Å²) in [4.78, 5) is 2.30. The molecule has 0 radical (unpaired) electrons. The van der Waals surface area contributed by atoms with Crippen molar-refractivity contribution in [1.29, 1.82) is 0 Å². The fourth-order valence-electron chi connectivity index (χ4n) is 2.54. The van der Waals surface area contributed by atoms with Crippen molar-refractivity contribution in [2.45, 2.75) is 45.1 Å². The monoisotopic (exact) mass is 277 g/mol. The van der Waals surface area contributed by atoms with E-state index < -0.39 is 0 Å². The molecule has 0 amide bonds. The van der Waals surface area contributed by atoms with Crippen LogP contribution in [0.15, 0.2) is 24.3 Å². The third-order valence-corrected chi connectivity index (χ3v) is 3.86. The number of hydrogen-bond acceptors (Lipinski definition) is 3. The van der Waals surface area contributed by atoms with E-state index in [-0.39, 0.29) is 11.5 Å². The van der Waals surface area contributed by atoms with Crippen molar-refractivity contribution in [3.63, 3.8) is 0 Å². The molecule has 1 aromatic carbocycles. The maximum atomic E-state index is 9.45. The Kier molecular flexibility index (Phi) is 5.06. The van der Waals surface area contributed by atoms with Crippen LogP contribution in [-0.2, 0) is 5.41 Å². The molecule has 1 aliphatic rings. The van der Waals surface area contributed by atoms with Crippen LogP contribution < -0.4 is 4.74 Å². The molecule has 1 heterocycles. The van der Waals surface area contributed by atoms with Gasteiger partial charge in [-0.15, -0.1) is 0 Å². The summed E-state index contributed by atoms with van der Waals surface area (Å²) in [7, 11) is 0. The van der Waals surface area contributed by atoms with Crippen LogP contribution in [0.5, 0.6) is 5.75 Å². The summed E-state index contributed by atoms with van der Waals surface area (Å²) in [6.45, 7) is 10.2. The summed E-state index contributed by atoms with van der Waals surface area (Å²) in [6.07, 6.45) is 1.80. The second-order valence-corrected chi connectivity index (χ2v) is 6.72. The molecule has 3 heteroatoms. The van der Waals surface area contributed by atoms with Gasteiger partial charge in [-0.2, -0.15) is 0 Å². The quantitative estimate of drug-likeness (QED) is 0.840. The molecule has 0 aromatic heterocycles. The van der Waals surface area contributed by atoms with Crippen LogP contribution in [0.25, 0.3) is 0 Å². The Morgan fingerprint density at radius 1 is 1.25 bits per heavy atom. The fraction of sp³-hybridized carbons (Fsp3) is 0.647. The van der Waals surface area contributed by atoms with Gasteiger partial charge >= 0.3 is 0 Å². The lowest BCUT2D eigenvalue weighted by Crippen LogP contribution is -2.24. The molecule has 0 bridgehead atoms. The zero-order valence-electron chi connectivity index (χ0n) is 12.9. The van der Waals surface area contributed by atoms with Crippen LogP contribution in [0.3, 0.4) is 0 Å². The van der Waals surface area contributed by atoms with E-state index in [9.17, 15) is 5.11 Å². The molecule has 3 nitrogen and oxygen atoms in total. The van der Waals surface area contributed by atoms with Gasteiger partial charge in [0.2, 0.25) is 0 Å². The van der Waals surface area contributed by atoms with E-state index in [1.165, 1.54) is 5.56 Å². The number of β-amino-alcohol motifs (C(OH)–C–C–N with tert-alkyl or cyclic N) is 1. The second-order valence-electron chi connectivity index (χ2n) is 6.72. The highest BCUT2D eigenvalue weighted by molar-refractivity contribution is 5.31. The average molecular weight is 277 g/mol. The van der Waals surface area contributed by atoms with Crippen LogP contribution >= 0.6 is 0 Å². The Balaban J connectivity index is 1.69. The van der Waals surface area contributed by atoms with Gasteiger partial charge in [0.05, 0.1) is 12.7 Å². The lowest BCUT2D eigenvalue weighted by molar-refractivity contribution is 0.173. The number of rotatable bonds is 5. The van der Waals surface area contributed by atoms with Gasteiger partial charge in [-0.05, 0) is 36.0 Å². The number of benzene rings is 1. The minimum atomic E-state index is -0.124. The zero-order chi connectivity index (χ0) is 14.6. The van der Waals surface area contributed by atoms with Gasteiger partial charge in [-0.1, -0.05) is 32.9 Å². The first kappa shape index (κ1) is 15.3. The van der Waals surface area contributed by atoms with Crippen LogP contribution in [0, 0.1) is 0 Å². The molecule has 1 saturated heterocycles. The van der Waals surface area contributed by atoms with E-state index in [2.05, 4.69) is 49.9 Å². The molecule has 112 valence electrons. The molecule has 0 spiro atoms. The molecule has 1 N–H and O–H groups in total. The summed E-state index contributed by atoms with van der Waals surface area (Å²) < 4.78 is 5.77. The summed E-state index contributed by atoms with van der Waals surface area (Å²) in [6, 6.07) is 8.40. The van der Waals surface area contributed by atoms with Gasteiger partial charge in [0, 0.05) is 19.6 Å². The SMILES string of the molecule is CC(C)(C)c1ccc(OCCCN2CCC(O)C2)cc1. The van der Waals surface area contributed by atoms with E-state index in [1.54, 1.807) is 0 Å². The number of ether oxygens (including phenoxy) is 1. The van der Waals surface area contributed by atoms with Crippen LogP contribution in [-0.4, -0.2) is 42.4 Å². The summed E-state index contributed by atoms with van der Waals surface area (Å²) in [5.74, 6) is 0.944. The largest absolute Gasteiger partial charge is 0.494 e. The molecule has 1 fully saturated rings. The number of hydrogen-bond donors (Lipinski definition) is 1. The Labute approximate surface area is 122 Å². The molecule has 0 saturated carbocycles. The molecule has 1 atom stereocenters. The highest BCUT2D eigenvalue weighted by atomic mass is 16.5. The van der Waals surface area contributed by atoms with E-state index in [0.29, 0.717) is 0 Å². The van der Waals surface area contributed by atoms with Crippen molar-refractivity contribution in [3.05, 3.63) is 29.8 Å². The maximum Gasteiger partial charge on any atom is 0.119 e. The number of aliphatic hydroxyl groups excluding tert-OH is 1. The first-order chi connectivity index (χ1) is 9.45. The summed E-state index contributed by atoms with van der Waals surface area (Å²) in [5.41, 5.74) is 1.52. The standard InChI is InChI=1S/C17H27NO2/c1-17(2,3)14-5-7-16(8-6-14)20-12-4-10-18-11-9-15(19)13-18/h5-8,15,19H,4,9-13H2,1-3H3. The van der Waals surface area contributed by atoms with Crippen LogP contribution in [0.4, 0.5) is 0 Å². The van der Waals surface area contributed by atoms with Crippen LogP contribution in [0.2, 0.25) is 0 Å². The molecule has 1 unspecified atom stereocenters. The fourth-order valence-corrected chi connectivity index (χ4v) is 2.54. The van der Waals surface area contributed by atoms with E-state index >= 15 is 0 Å². The van der Waals surface area contributed by atoms with Crippen molar-refractivity contribution in [3.8, 4) is 5.75 Å². The summed E-state index contributed by atoms with van der Waals surface area (Å²) >= 11 is 0. The van der Waals surface area contributed by atoms with Gasteiger partial charge in [-0.25, -0.2) is 0 Å². The van der Waals surface area contributed by atoms with Gasteiger partial charge in [-0.3, -0.25) is 0 Å². The van der Waals surface area contributed by atoms with Gasteiger partial charge in [0.1, 0.15) is 5.75 Å². The normalized spacial score (nSPS) is 20.3. The summed E-state index contributed by atoms with van der Waals surface area (Å²) in [5, 5.41) is 9.45. The average Bonchev–Trinajstić information content (AvgIpc) is 2.80. The lowest BCUT2D eigenvalue weighted by Gasteiger charge is -2.19. The number of nitrogens with zero attached hydrogens (tertiary/aromatic N) is 1. The molecule has 1 aromatic rings. The van der Waals surface area contributed by atoms with E-state index in [0.717, 1.165) is 44.8 Å². The van der Waals surface area contributed by atoms with E-state index in [4.69, 9.17) is 4.74 Å². The zero-order valence-corrected chi connectivity index (χ0v) is 12.9. The van der Waals surface area contributed by atoms with Gasteiger partial charge in [0.15, 0.2) is 0 Å². The molecule has 20 heavy (non-hydrogen) atoms. The van der Waals surface area contributed by atoms with Crippen molar-refractivity contribution < 1.29 is 9.84 Å². The lowest BCUT2D eigenvalue weighted by atomic mass is 9.87. The van der Waals surface area contributed by atoms with Gasteiger partial charge in [0.25, 0.3) is 0 Å². The van der Waals surface area contributed by atoms with Crippen molar-refractivity contribution in [2.75, 3.05) is 26.2 Å². The maximum absolute atomic E-state index is 9.45. The van der Waals surface area contributed by atoms with E-state index in [1.807, 2.05) is 0 Å². The Morgan fingerprint density at radius 3 is 2.50 bits per heavy atom. The molecule has 2 rings (SSSR count). The topological polar surface area (TPSA) is 32.7 Å². The van der Waals surface area contributed by atoms with Crippen molar-refractivity contribution >= 4 is 0 Å². The van der Waals surface area contributed by atoms with Gasteiger partial charge < -0.3 is 14.7 Å². The highest BCUT2D eigenvalue weighted by Crippen LogP contribution is 2.24. The first-order valence-corrected chi connectivity index (χ1v) is 7.59. The Morgan fingerprint density at radius 2 is 1.95 bits per heavy atom. The predicted molar refractivity (Wildman–Crippen MR) is 82.3 cm³/mol. The highest BCUT2D eigenvalue weighted by Gasteiger charge is 2.19. The van der Waals surface area contributed by atoms with Crippen molar-refractivity contribution in [2.24, 2.45) is 0 Å². The number of aliphatic hydroxyl groups is 1. The smallest absolute Gasteiger partial charge is 0.119 e. The second kappa shape index (κ2) is 6.59. The predicted octanol–water partition coefficient (Wildman–Crippen LogP) is 2.82. The number of likely N-dealkylation sites (tertiary alicyclic amines) is 1. The minimum Gasteiger partial charge on any atom is -0.494 e. The third-order valence-electron chi connectivity index (χ3n) is 3.86. The molecular weight excluding hydrogens is 250 g/mol. The minimum absolute atomic E-state index is 0.124. The molecule has 1 aliphatic heterocycles. The Bertz CT molecular complexity index is 408. The molecular formula is C17H27NO2. The first-order valence-electron chi connectivity index (χ1n) is 7.59. The van der Waals surface area contributed by atoms with Crippen molar-refractivity contribution in [1.82, 2.24) is 4.90 Å².